The lowest BCUT2D eigenvalue weighted by Gasteiger charge is -2.11. The maximum atomic E-state index is 12.6. The average molecular weight is 447 g/mol. The van der Waals surface area contributed by atoms with E-state index in [9.17, 15) is 13.2 Å². The highest BCUT2D eigenvalue weighted by molar-refractivity contribution is 7.92. The van der Waals surface area contributed by atoms with Crippen molar-refractivity contribution in [3.8, 4) is 5.75 Å². The van der Waals surface area contributed by atoms with Gasteiger partial charge in [0.15, 0.2) is 6.61 Å². The molecule has 4 rings (SSSR count). The molecule has 1 amide bonds. The molecule has 7 heteroatoms. The van der Waals surface area contributed by atoms with Gasteiger partial charge in [0.1, 0.15) is 5.75 Å². The Morgan fingerprint density at radius 3 is 2.31 bits per heavy atom. The highest BCUT2D eigenvalue weighted by Crippen LogP contribution is 2.21. The van der Waals surface area contributed by atoms with Crippen LogP contribution in [0.15, 0.2) is 95.9 Å². The van der Waals surface area contributed by atoms with E-state index in [4.69, 9.17) is 4.74 Å². The van der Waals surface area contributed by atoms with Gasteiger partial charge in [-0.25, -0.2) is 8.42 Å². The molecule has 0 aromatic heterocycles. The van der Waals surface area contributed by atoms with Crippen molar-refractivity contribution < 1.29 is 17.9 Å². The van der Waals surface area contributed by atoms with Gasteiger partial charge in [0, 0.05) is 11.4 Å². The molecule has 0 aliphatic heterocycles. The Labute approximate surface area is 186 Å². The molecule has 4 aromatic rings. The number of ether oxygens (including phenoxy) is 1. The summed E-state index contributed by atoms with van der Waals surface area (Å²) >= 11 is 0. The lowest BCUT2D eigenvalue weighted by atomic mass is 10.1. The Kier molecular flexibility index (Phi) is 6.09. The zero-order valence-electron chi connectivity index (χ0n) is 17.4. The topological polar surface area (TPSA) is 84.5 Å². The standard InChI is InChI=1S/C25H22N2O4S/c1-18-5-4-8-22(15-18)27-32(29,30)24-13-10-21(11-14-24)26-25(28)17-31-23-12-9-19-6-2-3-7-20(19)16-23/h2-16,27H,17H2,1H3,(H,26,28). The Morgan fingerprint density at radius 2 is 1.56 bits per heavy atom. The first-order valence-corrected chi connectivity index (χ1v) is 11.5. The smallest absolute Gasteiger partial charge is 0.262 e. The van der Waals surface area contributed by atoms with E-state index < -0.39 is 10.0 Å². The molecule has 0 atom stereocenters. The average Bonchev–Trinajstić information content (AvgIpc) is 2.78. The molecule has 6 nitrogen and oxygen atoms in total. The zero-order valence-corrected chi connectivity index (χ0v) is 18.2. The molecular formula is C25H22N2O4S. The number of fused-ring (bicyclic) bond motifs is 1. The SMILES string of the molecule is Cc1cccc(NS(=O)(=O)c2ccc(NC(=O)COc3ccc4ccccc4c3)cc2)c1. The van der Waals surface area contributed by atoms with Gasteiger partial charge in [0.2, 0.25) is 0 Å². The highest BCUT2D eigenvalue weighted by atomic mass is 32.2. The summed E-state index contributed by atoms with van der Waals surface area (Å²) in [5.74, 6) is 0.258. The van der Waals surface area contributed by atoms with Crippen LogP contribution < -0.4 is 14.8 Å². The molecule has 0 heterocycles. The Bertz CT molecular complexity index is 1370. The van der Waals surface area contributed by atoms with Gasteiger partial charge in [-0.1, -0.05) is 42.5 Å². The summed E-state index contributed by atoms with van der Waals surface area (Å²) in [6, 6.07) is 26.6. The van der Waals surface area contributed by atoms with Crippen LogP contribution in [0.2, 0.25) is 0 Å². The number of amides is 1. The molecule has 0 aliphatic rings. The summed E-state index contributed by atoms with van der Waals surface area (Å²) in [5, 5.41) is 4.83. The fraction of sp³-hybridized carbons (Fsp3) is 0.0800. The van der Waals surface area contributed by atoms with Gasteiger partial charge in [-0.3, -0.25) is 9.52 Å². The second kappa shape index (κ2) is 9.11. The molecule has 0 saturated heterocycles. The number of benzene rings is 4. The molecule has 0 radical (unpaired) electrons. The van der Waals surface area contributed by atoms with Gasteiger partial charge in [0.25, 0.3) is 15.9 Å². The van der Waals surface area contributed by atoms with E-state index >= 15 is 0 Å². The number of sulfonamides is 1. The van der Waals surface area contributed by atoms with Crippen molar-refractivity contribution in [3.63, 3.8) is 0 Å². The molecule has 0 unspecified atom stereocenters. The van der Waals surface area contributed by atoms with E-state index in [2.05, 4.69) is 10.0 Å². The third kappa shape index (κ3) is 5.25. The van der Waals surface area contributed by atoms with E-state index in [1.54, 1.807) is 30.3 Å². The van der Waals surface area contributed by atoms with Crippen molar-refractivity contribution in [2.75, 3.05) is 16.6 Å². The van der Waals surface area contributed by atoms with Crippen LogP contribution >= 0.6 is 0 Å². The Balaban J connectivity index is 1.35. The van der Waals surface area contributed by atoms with Crippen molar-refractivity contribution in [1.29, 1.82) is 0 Å². The number of aryl methyl sites for hydroxylation is 1. The van der Waals surface area contributed by atoms with Gasteiger partial charge >= 0.3 is 0 Å². The molecule has 0 aliphatic carbocycles. The quantitative estimate of drug-likeness (QED) is 0.420. The molecule has 0 fully saturated rings. The number of hydrogen-bond donors (Lipinski definition) is 2. The minimum Gasteiger partial charge on any atom is -0.484 e. The van der Waals surface area contributed by atoms with Crippen molar-refractivity contribution >= 4 is 38.1 Å². The lowest BCUT2D eigenvalue weighted by Crippen LogP contribution is -2.20. The molecule has 4 aromatic carbocycles. The first kappa shape index (κ1) is 21.4. The van der Waals surface area contributed by atoms with Crippen molar-refractivity contribution in [3.05, 3.63) is 96.6 Å². The number of rotatable bonds is 7. The second-order valence-electron chi connectivity index (χ2n) is 7.35. The normalized spacial score (nSPS) is 11.2. The largest absolute Gasteiger partial charge is 0.484 e. The van der Waals surface area contributed by atoms with Crippen molar-refractivity contribution in [2.24, 2.45) is 0 Å². The molecule has 2 N–H and O–H groups in total. The number of nitrogens with one attached hydrogen (secondary N) is 2. The van der Waals surface area contributed by atoms with Crippen LogP contribution in [0.4, 0.5) is 11.4 Å². The van der Waals surface area contributed by atoms with E-state index in [0.717, 1.165) is 16.3 Å². The number of carbonyl (C=O) groups excluding carboxylic acids is 1. The fourth-order valence-electron chi connectivity index (χ4n) is 3.24. The Morgan fingerprint density at radius 1 is 0.812 bits per heavy atom. The summed E-state index contributed by atoms with van der Waals surface area (Å²) in [6.07, 6.45) is 0. The third-order valence-corrected chi connectivity index (χ3v) is 6.21. The van der Waals surface area contributed by atoms with Crippen molar-refractivity contribution in [1.82, 2.24) is 0 Å². The molecule has 32 heavy (non-hydrogen) atoms. The summed E-state index contributed by atoms with van der Waals surface area (Å²) in [4.78, 5) is 12.3. The van der Waals surface area contributed by atoms with Crippen LogP contribution in [0.25, 0.3) is 10.8 Å². The van der Waals surface area contributed by atoms with Gasteiger partial charge in [0.05, 0.1) is 4.90 Å². The molecule has 0 bridgehead atoms. The summed E-state index contributed by atoms with van der Waals surface area (Å²) in [5.41, 5.74) is 1.93. The summed E-state index contributed by atoms with van der Waals surface area (Å²) in [7, 11) is -3.73. The molecule has 0 saturated carbocycles. The minimum absolute atomic E-state index is 0.101. The molecule has 0 spiro atoms. The predicted molar refractivity (Wildman–Crippen MR) is 127 cm³/mol. The number of carbonyl (C=O) groups is 1. The van der Waals surface area contributed by atoms with Crippen LogP contribution in [-0.4, -0.2) is 20.9 Å². The van der Waals surface area contributed by atoms with Crippen LogP contribution in [0.1, 0.15) is 5.56 Å². The monoisotopic (exact) mass is 446 g/mol. The third-order valence-electron chi connectivity index (χ3n) is 4.81. The fourth-order valence-corrected chi connectivity index (χ4v) is 4.29. The van der Waals surface area contributed by atoms with Crippen LogP contribution in [-0.2, 0) is 14.8 Å². The first-order valence-electron chi connectivity index (χ1n) is 10.0. The van der Waals surface area contributed by atoms with E-state index in [0.29, 0.717) is 17.1 Å². The van der Waals surface area contributed by atoms with E-state index in [1.807, 2.05) is 55.5 Å². The summed E-state index contributed by atoms with van der Waals surface area (Å²) in [6.45, 7) is 1.73. The molecular weight excluding hydrogens is 424 g/mol. The number of anilines is 2. The van der Waals surface area contributed by atoms with Crippen LogP contribution in [0, 0.1) is 6.92 Å². The minimum atomic E-state index is -3.73. The highest BCUT2D eigenvalue weighted by Gasteiger charge is 2.14. The number of hydrogen-bond acceptors (Lipinski definition) is 4. The first-order chi connectivity index (χ1) is 15.4. The van der Waals surface area contributed by atoms with Crippen molar-refractivity contribution in [2.45, 2.75) is 11.8 Å². The Hall–Kier alpha value is -3.84. The zero-order chi connectivity index (χ0) is 22.6. The van der Waals surface area contributed by atoms with E-state index in [1.165, 1.54) is 12.1 Å². The van der Waals surface area contributed by atoms with Gasteiger partial charge < -0.3 is 10.1 Å². The second-order valence-corrected chi connectivity index (χ2v) is 9.03. The molecule has 162 valence electrons. The van der Waals surface area contributed by atoms with Gasteiger partial charge in [-0.05, 0) is 71.8 Å². The van der Waals surface area contributed by atoms with E-state index in [-0.39, 0.29) is 17.4 Å². The lowest BCUT2D eigenvalue weighted by molar-refractivity contribution is -0.118. The van der Waals surface area contributed by atoms with Crippen LogP contribution in [0.3, 0.4) is 0 Å². The van der Waals surface area contributed by atoms with Gasteiger partial charge in [-0.2, -0.15) is 0 Å². The van der Waals surface area contributed by atoms with Crippen LogP contribution in [0.5, 0.6) is 5.75 Å². The summed E-state index contributed by atoms with van der Waals surface area (Å²) < 4.78 is 33.3. The van der Waals surface area contributed by atoms with Gasteiger partial charge in [-0.15, -0.1) is 0 Å². The maximum Gasteiger partial charge on any atom is 0.262 e. The maximum absolute atomic E-state index is 12.6. The predicted octanol–water partition coefficient (Wildman–Crippen LogP) is 4.97.